The van der Waals surface area contributed by atoms with Gasteiger partial charge < -0.3 is 5.73 Å². The van der Waals surface area contributed by atoms with Crippen molar-refractivity contribution in [2.45, 2.75) is 20.8 Å². The first kappa shape index (κ1) is 11.6. The minimum atomic E-state index is -0.361. The van der Waals surface area contributed by atoms with Crippen LogP contribution in [0.25, 0.3) is 0 Å². The van der Waals surface area contributed by atoms with E-state index in [-0.39, 0.29) is 11.3 Å². The largest absolute Gasteiger partial charge is 0.369 e. The molecule has 1 aromatic heterocycles. The standard InChI is InChI=1S/C5H11NO.C4H4N2/c1-5(2,3)4(6)7;1-2-6-4-3-5-1/h1-3H3,(H2,6,7);1-4H. The molecule has 0 bridgehead atoms. The highest BCUT2D eigenvalue weighted by Crippen LogP contribution is 2.09. The van der Waals surface area contributed by atoms with E-state index in [0.717, 1.165) is 0 Å². The molecule has 0 saturated carbocycles. The van der Waals surface area contributed by atoms with Crippen LogP contribution in [0, 0.1) is 5.41 Å². The van der Waals surface area contributed by atoms with Crippen molar-refractivity contribution in [1.29, 1.82) is 0 Å². The summed E-state index contributed by atoms with van der Waals surface area (Å²) in [6.07, 6.45) is 6.56. The molecule has 0 atom stereocenters. The average Bonchev–Trinajstić information content (AvgIpc) is 2.07. The summed E-state index contributed by atoms with van der Waals surface area (Å²) >= 11 is 0. The van der Waals surface area contributed by atoms with Gasteiger partial charge in [0.15, 0.2) is 0 Å². The zero-order chi connectivity index (χ0) is 10.3. The number of aromatic nitrogens is 2. The van der Waals surface area contributed by atoms with E-state index in [2.05, 4.69) is 9.97 Å². The topological polar surface area (TPSA) is 68.9 Å². The first-order chi connectivity index (χ1) is 5.94. The molecule has 0 spiro atoms. The van der Waals surface area contributed by atoms with Gasteiger partial charge in [0, 0.05) is 30.2 Å². The Morgan fingerprint density at radius 1 is 1.08 bits per heavy atom. The molecule has 0 aromatic carbocycles. The predicted molar refractivity (Wildman–Crippen MR) is 50.7 cm³/mol. The van der Waals surface area contributed by atoms with Crippen molar-refractivity contribution in [1.82, 2.24) is 9.97 Å². The van der Waals surface area contributed by atoms with Crippen LogP contribution < -0.4 is 5.73 Å². The molecule has 72 valence electrons. The summed E-state index contributed by atoms with van der Waals surface area (Å²) < 4.78 is 0. The Balaban J connectivity index is 0.000000223. The van der Waals surface area contributed by atoms with Crippen molar-refractivity contribution in [3.8, 4) is 0 Å². The fourth-order valence-electron chi connectivity index (χ4n) is 0.253. The molecular weight excluding hydrogens is 166 g/mol. The molecule has 0 aliphatic carbocycles. The Kier molecular flexibility index (Phi) is 4.66. The molecule has 0 aliphatic rings. The summed E-state index contributed by atoms with van der Waals surface area (Å²) in [6.45, 7) is 5.36. The van der Waals surface area contributed by atoms with Gasteiger partial charge in [0.2, 0.25) is 5.91 Å². The first-order valence-electron chi connectivity index (χ1n) is 3.94. The van der Waals surface area contributed by atoms with Crippen LogP contribution in [0.3, 0.4) is 0 Å². The van der Waals surface area contributed by atoms with E-state index in [1.165, 1.54) is 0 Å². The van der Waals surface area contributed by atoms with E-state index in [1.54, 1.807) is 45.6 Å². The fourth-order valence-corrected chi connectivity index (χ4v) is 0.253. The quantitative estimate of drug-likeness (QED) is 0.649. The number of carbonyl (C=O) groups excluding carboxylic acids is 1. The van der Waals surface area contributed by atoms with E-state index in [1.807, 2.05) is 0 Å². The van der Waals surface area contributed by atoms with Crippen molar-refractivity contribution in [2.75, 3.05) is 0 Å². The molecule has 1 rings (SSSR count). The number of hydrogen-bond donors (Lipinski definition) is 1. The van der Waals surface area contributed by atoms with Gasteiger partial charge in [-0.2, -0.15) is 0 Å². The van der Waals surface area contributed by atoms with Gasteiger partial charge >= 0.3 is 0 Å². The van der Waals surface area contributed by atoms with E-state index < -0.39 is 0 Å². The number of amides is 1. The summed E-state index contributed by atoms with van der Waals surface area (Å²) in [6, 6.07) is 0. The molecule has 1 aromatic rings. The minimum absolute atomic E-state index is 0.257. The van der Waals surface area contributed by atoms with Gasteiger partial charge in [0.05, 0.1) is 0 Å². The van der Waals surface area contributed by atoms with Gasteiger partial charge in [0.1, 0.15) is 0 Å². The summed E-state index contributed by atoms with van der Waals surface area (Å²) in [5.41, 5.74) is 4.57. The zero-order valence-corrected chi connectivity index (χ0v) is 8.19. The third-order valence-electron chi connectivity index (χ3n) is 1.22. The number of primary amides is 1. The number of nitrogens with two attached hydrogens (primary N) is 1. The second kappa shape index (κ2) is 5.24. The predicted octanol–water partition coefficient (Wildman–Crippen LogP) is 0.994. The zero-order valence-electron chi connectivity index (χ0n) is 8.19. The van der Waals surface area contributed by atoms with Gasteiger partial charge in [-0.05, 0) is 0 Å². The lowest BCUT2D eigenvalue weighted by atomic mass is 9.96. The van der Waals surface area contributed by atoms with Crippen molar-refractivity contribution in [2.24, 2.45) is 11.1 Å². The maximum Gasteiger partial charge on any atom is 0.222 e. The van der Waals surface area contributed by atoms with Crippen LogP contribution in [0.4, 0.5) is 0 Å². The fraction of sp³-hybridized carbons (Fsp3) is 0.444. The van der Waals surface area contributed by atoms with E-state index in [4.69, 9.17) is 5.73 Å². The summed E-state index contributed by atoms with van der Waals surface area (Å²) in [7, 11) is 0. The second-order valence-corrected chi connectivity index (χ2v) is 3.51. The van der Waals surface area contributed by atoms with Crippen LogP contribution in [0.1, 0.15) is 20.8 Å². The molecule has 2 N–H and O–H groups in total. The Morgan fingerprint density at radius 2 is 1.31 bits per heavy atom. The smallest absolute Gasteiger partial charge is 0.222 e. The number of nitrogens with zero attached hydrogens (tertiary/aromatic N) is 2. The molecule has 0 aliphatic heterocycles. The van der Waals surface area contributed by atoms with Crippen LogP contribution in [0.2, 0.25) is 0 Å². The van der Waals surface area contributed by atoms with E-state index >= 15 is 0 Å². The molecular formula is C9H15N3O. The van der Waals surface area contributed by atoms with E-state index in [0.29, 0.717) is 0 Å². The lowest BCUT2D eigenvalue weighted by Gasteiger charge is -2.10. The second-order valence-electron chi connectivity index (χ2n) is 3.51. The third-order valence-corrected chi connectivity index (χ3v) is 1.22. The highest BCUT2D eigenvalue weighted by molar-refractivity contribution is 5.79. The lowest BCUT2D eigenvalue weighted by molar-refractivity contribution is -0.125. The van der Waals surface area contributed by atoms with Crippen LogP contribution in [0.5, 0.6) is 0 Å². The third kappa shape index (κ3) is 6.93. The molecule has 1 heterocycles. The van der Waals surface area contributed by atoms with Crippen LogP contribution in [-0.2, 0) is 4.79 Å². The minimum Gasteiger partial charge on any atom is -0.369 e. The number of hydrogen-bond acceptors (Lipinski definition) is 3. The van der Waals surface area contributed by atoms with Gasteiger partial charge in [-0.25, -0.2) is 0 Å². The molecule has 0 fully saturated rings. The van der Waals surface area contributed by atoms with Crippen molar-refractivity contribution < 1.29 is 4.79 Å². The van der Waals surface area contributed by atoms with Crippen molar-refractivity contribution in [3.63, 3.8) is 0 Å². The van der Waals surface area contributed by atoms with Crippen LogP contribution >= 0.6 is 0 Å². The first-order valence-corrected chi connectivity index (χ1v) is 3.94. The van der Waals surface area contributed by atoms with Crippen LogP contribution in [-0.4, -0.2) is 15.9 Å². The van der Waals surface area contributed by atoms with Crippen molar-refractivity contribution >= 4 is 5.91 Å². The molecule has 0 unspecified atom stereocenters. The maximum absolute atomic E-state index is 10.2. The molecule has 4 nitrogen and oxygen atoms in total. The molecule has 1 amide bonds. The molecule has 13 heavy (non-hydrogen) atoms. The summed E-state index contributed by atoms with van der Waals surface area (Å²) in [4.78, 5) is 17.7. The molecule has 0 saturated heterocycles. The van der Waals surface area contributed by atoms with Gasteiger partial charge in [0.25, 0.3) is 0 Å². The summed E-state index contributed by atoms with van der Waals surface area (Å²) in [5, 5.41) is 0. The Hall–Kier alpha value is -1.45. The summed E-state index contributed by atoms with van der Waals surface area (Å²) in [5.74, 6) is -0.257. The van der Waals surface area contributed by atoms with E-state index in [9.17, 15) is 4.79 Å². The SMILES string of the molecule is CC(C)(C)C(N)=O.c1cnccn1. The lowest BCUT2D eigenvalue weighted by Crippen LogP contribution is -2.27. The van der Waals surface area contributed by atoms with Crippen LogP contribution in [0.15, 0.2) is 24.8 Å². The highest BCUT2D eigenvalue weighted by Gasteiger charge is 2.16. The maximum atomic E-state index is 10.2. The van der Waals surface area contributed by atoms with Gasteiger partial charge in [-0.1, -0.05) is 20.8 Å². The van der Waals surface area contributed by atoms with Gasteiger partial charge in [-0.15, -0.1) is 0 Å². The normalized spacial score (nSPS) is 9.77. The Labute approximate surface area is 78.2 Å². The number of rotatable bonds is 0. The number of carbonyl (C=O) groups is 1. The molecule has 4 heteroatoms. The molecule has 0 radical (unpaired) electrons. The Bertz CT molecular complexity index is 214. The Morgan fingerprint density at radius 3 is 1.38 bits per heavy atom. The average molecular weight is 181 g/mol. The monoisotopic (exact) mass is 181 g/mol. The van der Waals surface area contributed by atoms with Gasteiger partial charge in [-0.3, -0.25) is 14.8 Å². The van der Waals surface area contributed by atoms with Crippen molar-refractivity contribution in [3.05, 3.63) is 24.8 Å². The highest BCUT2D eigenvalue weighted by atomic mass is 16.1.